The summed E-state index contributed by atoms with van der Waals surface area (Å²) in [6.45, 7) is 7.36. The summed E-state index contributed by atoms with van der Waals surface area (Å²) in [5.74, 6) is 2.55. The molecule has 0 saturated heterocycles. The second-order valence-electron chi connectivity index (χ2n) is 16.3. The molecule has 0 aliphatic carbocycles. The van der Waals surface area contributed by atoms with E-state index in [0.29, 0.717) is 71.3 Å². The number of hydrogen-bond acceptors (Lipinski definition) is 10. The number of para-hydroxylation sites is 2. The summed E-state index contributed by atoms with van der Waals surface area (Å²) < 4.78 is 33.9. The molecule has 0 saturated carbocycles. The average molecular weight is 905 g/mol. The minimum Gasteiger partial charge on any atom is -0.497 e. The molecule has 2 aliphatic rings. The van der Waals surface area contributed by atoms with E-state index in [9.17, 15) is 19.2 Å². The zero-order valence-corrected chi connectivity index (χ0v) is 39.7. The summed E-state index contributed by atoms with van der Waals surface area (Å²) in [7, 11) is 9.62. The molecule has 4 aromatic rings. The first kappa shape index (κ1) is 50.0. The highest BCUT2D eigenvalue weighted by atomic mass is 16.5. The van der Waals surface area contributed by atoms with E-state index in [-0.39, 0.29) is 47.9 Å². The maximum Gasteiger partial charge on any atom is 0.258 e. The summed E-state index contributed by atoms with van der Waals surface area (Å²) in [5.41, 5.74) is 2.53. The van der Waals surface area contributed by atoms with Crippen LogP contribution >= 0.6 is 0 Å². The second-order valence-corrected chi connectivity index (χ2v) is 16.3. The Labute approximate surface area is 388 Å². The predicted molar refractivity (Wildman–Crippen MR) is 254 cm³/mol. The van der Waals surface area contributed by atoms with Crippen molar-refractivity contribution in [3.63, 3.8) is 0 Å². The number of nitrogens with zero attached hydrogens (tertiary/aromatic N) is 2. The van der Waals surface area contributed by atoms with E-state index in [1.807, 2.05) is 74.5 Å². The number of amides is 4. The summed E-state index contributed by atoms with van der Waals surface area (Å²) in [5, 5.41) is 6.20. The summed E-state index contributed by atoms with van der Waals surface area (Å²) >= 11 is 0. The molecule has 14 heteroatoms. The van der Waals surface area contributed by atoms with E-state index < -0.39 is 12.1 Å². The van der Waals surface area contributed by atoms with Crippen LogP contribution in [0.1, 0.15) is 97.3 Å². The van der Waals surface area contributed by atoms with E-state index in [1.54, 1.807) is 105 Å². The fraction of sp³-hybridized carbons (Fsp3) is 0.385. The second kappa shape index (κ2) is 23.8. The maximum absolute atomic E-state index is 13.2. The lowest BCUT2D eigenvalue weighted by Crippen LogP contribution is -2.47. The molecule has 2 aliphatic heterocycles. The van der Waals surface area contributed by atoms with E-state index in [1.165, 1.54) is 9.80 Å². The molecule has 0 spiro atoms. The number of methoxy groups -OCH3 is 4. The number of rotatable bonds is 6. The molecule has 14 nitrogen and oxygen atoms in total. The van der Waals surface area contributed by atoms with Crippen molar-refractivity contribution in [3.8, 4) is 34.5 Å². The molecule has 0 bridgehead atoms. The Morgan fingerprint density at radius 1 is 0.500 bits per heavy atom. The maximum atomic E-state index is 13.2. The van der Waals surface area contributed by atoms with Gasteiger partial charge in [0, 0.05) is 50.2 Å². The van der Waals surface area contributed by atoms with Crippen LogP contribution in [0, 0.1) is 0 Å². The number of benzene rings is 4. The molecular weight excluding hydrogens is 841 g/mol. The lowest BCUT2D eigenvalue weighted by Gasteiger charge is -2.28. The minimum absolute atomic E-state index is 0.121. The third-order valence-corrected chi connectivity index (χ3v) is 11.7. The van der Waals surface area contributed by atoms with E-state index in [4.69, 9.17) is 28.4 Å². The SMILES string of the molecule is COc1ccc([C@H]2C/C=C/C[C@H](C)Oc3ccccc3C(=O)N(C)[C@@H](C)C(=O)N2)c(OC)c1.COc1ccc([C@H]2C/C=C\C[C@H](C)Oc3ccccc3C(=O)N(C)[C@@H](C)C(=O)N2)c(OC)c1. The number of hydrogen-bond donors (Lipinski definition) is 2. The van der Waals surface area contributed by atoms with Gasteiger partial charge in [-0.3, -0.25) is 19.2 Å². The van der Waals surface area contributed by atoms with Crippen molar-refractivity contribution in [1.82, 2.24) is 20.4 Å². The van der Waals surface area contributed by atoms with Crippen LogP contribution < -0.4 is 39.1 Å². The molecule has 352 valence electrons. The minimum atomic E-state index is -0.693. The quantitative estimate of drug-likeness (QED) is 0.181. The summed E-state index contributed by atoms with van der Waals surface area (Å²) in [6, 6.07) is 23.2. The molecule has 0 unspecified atom stereocenters. The number of ether oxygens (including phenoxy) is 6. The van der Waals surface area contributed by atoms with Crippen LogP contribution in [0.5, 0.6) is 34.5 Å². The van der Waals surface area contributed by atoms with Gasteiger partial charge in [0.25, 0.3) is 11.8 Å². The molecule has 66 heavy (non-hydrogen) atoms. The van der Waals surface area contributed by atoms with Crippen molar-refractivity contribution in [2.24, 2.45) is 0 Å². The number of carbonyl (C=O) groups is 4. The van der Waals surface area contributed by atoms with E-state index >= 15 is 0 Å². The number of carbonyl (C=O) groups excluding carboxylic acids is 4. The summed E-state index contributed by atoms with van der Waals surface area (Å²) in [4.78, 5) is 55.7. The van der Waals surface area contributed by atoms with Gasteiger partial charge in [0.05, 0.1) is 63.9 Å². The van der Waals surface area contributed by atoms with Gasteiger partial charge in [-0.15, -0.1) is 0 Å². The smallest absolute Gasteiger partial charge is 0.258 e. The zero-order valence-electron chi connectivity index (χ0n) is 39.7. The van der Waals surface area contributed by atoms with Gasteiger partial charge in [-0.25, -0.2) is 0 Å². The zero-order chi connectivity index (χ0) is 47.9. The normalized spacial score (nSPS) is 22.9. The highest BCUT2D eigenvalue weighted by Gasteiger charge is 2.30. The number of likely N-dealkylation sites (N-methyl/N-ethyl adjacent to an activating group) is 2. The van der Waals surface area contributed by atoms with Crippen LogP contribution in [0.15, 0.2) is 109 Å². The van der Waals surface area contributed by atoms with Crippen molar-refractivity contribution < 1.29 is 47.6 Å². The fourth-order valence-electron chi connectivity index (χ4n) is 7.47. The lowest BCUT2D eigenvalue weighted by atomic mass is 10.0. The Hall–Kier alpha value is -6.96. The van der Waals surface area contributed by atoms with Crippen LogP contribution in [0.2, 0.25) is 0 Å². The highest BCUT2D eigenvalue weighted by Crippen LogP contribution is 2.34. The van der Waals surface area contributed by atoms with E-state index in [2.05, 4.69) is 10.6 Å². The van der Waals surface area contributed by atoms with Gasteiger partial charge in [-0.05, 0) is 89.1 Å². The van der Waals surface area contributed by atoms with Gasteiger partial charge in [-0.2, -0.15) is 0 Å². The van der Waals surface area contributed by atoms with Gasteiger partial charge in [0.1, 0.15) is 46.6 Å². The van der Waals surface area contributed by atoms with Gasteiger partial charge >= 0.3 is 0 Å². The van der Waals surface area contributed by atoms with Gasteiger partial charge in [0.2, 0.25) is 11.8 Å². The topological polar surface area (TPSA) is 154 Å². The molecule has 2 heterocycles. The molecule has 6 rings (SSSR count). The van der Waals surface area contributed by atoms with Crippen molar-refractivity contribution in [2.75, 3.05) is 42.5 Å². The van der Waals surface area contributed by atoms with E-state index in [0.717, 1.165) is 11.1 Å². The van der Waals surface area contributed by atoms with Crippen LogP contribution in [0.4, 0.5) is 0 Å². The van der Waals surface area contributed by atoms with Crippen molar-refractivity contribution >= 4 is 23.6 Å². The first-order valence-corrected chi connectivity index (χ1v) is 22.1. The molecular formula is C52H64N4O10. The number of nitrogens with one attached hydrogen (secondary N) is 2. The third kappa shape index (κ3) is 12.6. The standard InChI is InChI=1S/2C26H32N2O5/c2*1-17-10-6-8-12-22(20-15-14-19(31-4)16-24(20)32-5)27-25(29)18(2)28(3)26(30)21-11-7-9-13-23(21)33-17/h2*6-9,11,13-18,22H,10,12H2,1-5H3,(H,27,29)/b8-6+;8-6-/t2*17-,18-,22+/m00/s1. The molecule has 4 amide bonds. The largest absolute Gasteiger partial charge is 0.497 e. The highest BCUT2D eigenvalue weighted by molar-refractivity contribution is 6.00. The van der Waals surface area contributed by atoms with Gasteiger partial charge in [0.15, 0.2) is 0 Å². The molecule has 6 atom stereocenters. The van der Waals surface area contributed by atoms with Crippen LogP contribution in [0.3, 0.4) is 0 Å². The van der Waals surface area contributed by atoms with Crippen LogP contribution in [-0.2, 0) is 9.59 Å². The monoisotopic (exact) mass is 904 g/mol. The van der Waals surface area contributed by atoms with Crippen LogP contribution in [-0.4, -0.2) is 100 Å². The van der Waals surface area contributed by atoms with Crippen LogP contribution in [0.25, 0.3) is 0 Å². The Morgan fingerprint density at radius 3 is 1.23 bits per heavy atom. The van der Waals surface area contributed by atoms with Gasteiger partial charge in [-0.1, -0.05) is 48.6 Å². The Morgan fingerprint density at radius 2 is 0.864 bits per heavy atom. The first-order valence-electron chi connectivity index (χ1n) is 22.1. The van der Waals surface area contributed by atoms with Crippen molar-refractivity contribution in [2.45, 2.75) is 89.8 Å². The molecule has 0 fully saturated rings. The predicted octanol–water partition coefficient (Wildman–Crippen LogP) is 8.28. The first-order chi connectivity index (χ1) is 31.7. The Kier molecular flexibility index (Phi) is 18.1. The molecule has 2 N–H and O–H groups in total. The summed E-state index contributed by atoms with van der Waals surface area (Å²) in [6.07, 6.45) is 10.3. The van der Waals surface area contributed by atoms with Gasteiger partial charge < -0.3 is 48.9 Å². The Bertz CT molecular complexity index is 2200. The average Bonchev–Trinajstić information content (AvgIpc) is 3.33. The molecule has 4 aromatic carbocycles. The number of fused-ring (bicyclic) bond motifs is 2. The van der Waals surface area contributed by atoms with Crippen molar-refractivity contribution in [1.29, 1.82) is 0 Å². The molecule has 0 radical (unpaired) electrons. The lowest BCUT2D eigenvalue weighted by molar-refractivity contribution is -0.126. The fourth-order valence-corrected chi connectivity index (χ4v) is 7.47. The van der Waals surface area contributed by atoms with Crippen molar-refractivity contribution in [3.05, 3.63) is 131 Å². The Balaban J connectivity index is 0.000000247. The third-order valence-electron chi connectivity index (χ3n) is 11.7. The molecule has 0 aromatic heterocycles.